The van der Waals surface area contributed by atoms with Crippen LogP contribution in [0.3, 0.4) is 0 Å². The van der Waals surface area contributed by atoms with Crippen LogP contribution in [0.4, 0.5) is 14.5 Å². The maximum atomic E-state index is 13.6. The maximum Gasteiger partial charge on any atom is 0.261 e. The van der Waals surface area contributed by atoms with Crippen LogP contribution in [0.2, 0.25) is 0 Å². The van der Waals surface area contributed by atoms with Crippen LogP contribution >= 0.6 is 0 Å². The molecule has 0 amide bonds. The van der Waals surface area contributed by atoms with E-state index in [0.717, 1.165) is 38.3 Å². The molecule has 0 aromatic heterocycles. The summed E-state index contributed by atoms with van der Waals surface area (Å²) in [5.74, 6) is 3.26. The topological polar surface area (TPSA) is 3.24 Å². The molecule has 0 N–H and O–H groups in total. The molecule has 3 heteroatoms. The molecule has 2 aliphatic rings. The lowest BCUT2D eigenvalue weighted by Gasteiger charge is -2.20. The third kappa shape index (κ3) is 3.68. The van der Waals surface area contributed by atoms with Crippen molar-refractivity contribution in [3.8, 4) is 11.8 Å². The Labute approximate surface area is 139 Å². The quantitative estimate of drug-likeness (QED) is 0.637. The number of hydrogen-bond acceptors (Lipinski definition) is 1. The van der Waals surface area contributed by atoms with Crippen molar-refractivity contribution in [1.82, 2.24) is 0 Å². The molecule has 1 aliphatic carbocycles. The van der Waals surface area contributed by atoms with Gasteiger partial charge in [-0.3, -0.25) is 0 Å². The molecular weight excluding hydrogens is 292 g/mol. The lowest BCUT2D eigenvalue weighted by molar-refractivity contribution is -0.0294. The first-order chi connectivity index (χ1) is 10.9. The van der Waals surface area contributed by atoms with Crippen LogP contribution in [0.5, 0.6) is 0 Å². The van der Waals surface area contributed by atoms with E-state index in [-0.39, 0.29) is 0 Å². The first-order valence-electron chi connectivity index (χ1n) is 8.67. The first-order valence-corrected chi connectivity index (χ1v) is 8.67. The van der Waals surface area contributed by atoms with Crippen molar-refractivity contribution in [2.75, 3.05) is 18.5 Å². The summed E-state index contributed by atoms with van der Waals surface area (Å²) in [5.41, 5.74) is 2.27. The maximum absolute atomic E-state index is 13.6. The van der Waals surface area contributed by atoms with Crippen LogP contribution < -0.4 is 4.90 Å². The lowest BCUT2D eigenvalue weighted by Crippen LogP contribution is -2.24. The van der Waals surface area contributed by atoms with Crippen LogP contribution in [0, 0.1) is 17.3 Å². The SMILES string of the molecule is CC.CN1CCCCc2c(C#CC3(C(C)(F)F)CC3)cccc21. The molecule has 1 aromatic rings. The highest BCUT2D eigenvalue weighted by molar-refractivity contribution is 5.61. The van der Waals surface area contributed by atoms with E-state index in [4.69, 9.17) is 0 Å². The summed E-state index contributed by atoms with van der Waals surface area (Å²) in [6.45, 7) is 6.04. The van der Waals surface area contributed by atoms with E-state index < -0.39 is 11.3 Å². The second-order valence-electron chi connectivity index (χ2n) is 6.40. The Kier molecular flexibility index (Phi) is 5.34. The van der Waals surface area contributed by atoms with E-state index in [1.54, 1.807) is 0 Å². The molecule has 126 valence electrons. The molecule has 1 fully saturated rings. The predicted molar refractivity (Wildman–Crippen MR) is 93.2 cm³/mol. The highest BCUT2D eigenvalue weighted by Crippen LogP contribution is 2.56. The molecule has 3 rings (SSSR count). The fraction of sp³-hybridized carbons (Fsp3) is 0.600. The number of halogens is 2. The van der Waals surface area contributed by atoms with Crippen LogP contribution in [0.1, 0.15) is 57.6 Å². The van der Waals surface area contributed by atoms with Gasteiger partial charge in [-0.05, 0) is 49.8 Å². The minimum absolute atomic E-state index is 0.512. The highest BCUT2D eigenvalue weighted by atomic mass is 19.3. The van der Waals surface area contributed by atoms with Crippen LogP contribution in [0.15, 0.2) is 18.2 Å². The summed E-state index contributed by atoms with van der Waals surface area (Å²) in [6.07, 6.45) is 4.30. The molecule has 0 spiro atoms. The van der Waals surface area contributed by atoms with Crippen molar-refractivity contribution in [1.29, 1.82) is 0 Å². The summed E-state index contributed by atoms with van der Waals surface area (Å²) in [4.78, 5) is 2.24. The number of nitrogens with zero attached hydrogens (tertiary/aromatic N) is 1. The van der Waals surface area contributed by atoms with Crippen molar-refractivity contribution in [2.24, 2.45) is 5.41 Å². The Bertz CT molecular complexity index is 600. The lowest BCUT2D eigenvalue weighted by atomic mass is 9.97. The molecule has 1 nitrogen and oxygen atoms in total. The number of fused-ring (bicyclic) bond motifs is 1. The van der Waals surface area contributed by atoms with E-state index in [1.165, 1.54) is 11.3 Å². The van der Waals surface area contributed by atoms with Crippen molar-refractivity contribution >= 4 is 5.69 Å². The minimum Gasteiger partial charge on any atom is -0.374 e. The van der Waals surface area contributed by atoms with Crippen molar-refractivity contribution in [2.45, 2.75) is 58.8 Å². The van der Waals surface area contributed by atoms with Gasteiger partial charge in [0, 0.05) is 31.8 Å². The van der Waals surface area contributed by atoms with Gasteiger partial charge in [0.25, 0.3) is 5.92 Å². The zero-order valence-corrected chi connectivity index (χ0v) is 14.7. The molecule has 1 saturated carbocycles. The molecule has 1 aliphatic heterocycles. The highest BCUT2D eigenvalue weighted by Gasteiger charge is 2.58. The molecule has 1 aromatic carbocycles. The van der Waals surface area contributed by atoms with Gasteiger partial charge >= 0.3 is 0 Å². The smallest absolute Gasteiger partial charge is 0.261 e. The zero-order chi connectivity index (χ0) is 17.1. The molecule has 0 atom stereocenters. The third-order valence-corrected chi connectivity index (χ3v) is 4.76. The van der Waals surface area contributed by atoms with Crippen molar-refractivity contribution in [3.63, 3.8) is 0 Å². The van der Waals surface area contributed by atoms with E-state index in [2.05, 4.69) is 29.9 Å². The Morgan fingerprint density at radius 2 is 1.87 bits per heavy atom. The second kappa shape index (κ2) is 6.91. The van der Waals surface area contributed by atoms with Crippen LogP contribution in [-0.2, 0) is 6.42 Å². The molecular formula is C20H27F2N. The summed E-state index contributed by atoms with van der Waals surface area (Å²) < 4.78 is 27.2. The Balaban J connectivity index is 0.000000924. The van der Waals surface area contributed by atoms with Crippen LogP contribution in [0.25, 0.3) is 0 Å². The summed E-state index contributed by atoms with van der Waals surface area (Å²) in [5, 5.41) is 0. The van der Waals surface area contributed by atoms with Gasteiger partial charge in [0.1, 0.15) is 0 Å². The van der Waals surface area contributed by atoms with Gasteiger partial charge in [-0.25, -0.2) is 8.78 Å². The summed E-state index contributed by atoms with van der Waals surface area (Å²) >= 11 is 0. The fourth-order valence-corrected chi connectivity index (χ4v) is 3.07. The summed E-state index contributed by atoms with van der Waals surface area (Å²) in [6, 6.07) is 6.05. The minimum atomic E-state index is -2.71. The Hall–Kier alpha value is -1.56. The second-order valence-corrected chi connectivity index (χ2v) is 6.40. The average molecular weight is 319 g/mol. The van der Waals surface area contributed by atoms with Crippen molar-refractivity contribution < 1.29 is 8.78 Å². The van der Waals surface area contributed by atoms with E-state index in [1.807, 2.05) is 26.0 Å². The van der Waals surface area contributed by atoms with Gasteiger partial charge in [-0.1, -0.05) is 31.8 Å². The van der Waals surface area contributed by atoms with Crippen LogP contribution in [-0.4, -0.2) is 19.5 Å². The van der Waals surface area contributed by atoms with E-state index in [0.29, 0.717) is 12.8 Å². The largest absolute Gasteiger partial charge is 0.374 e. The summed E-state index contributed by atoms with van der Waals surface area (Å²) in [7, 11) is 2.09. The molecule has 0 radical (unpaired) electrons. The van der Waals surface area contributed by atoms with Gasteiger partial charge < -0.3 is 4.90 Å². The van der Waals surface area contributed by atoms with Gasteiger partial charge in [0.15, 0.2) is 0 Å². The standard InChI is InChI=1S/C18H21F2N.C2H6/c1-17(19,20)18(11-12-18)10-9-14-6-5-8-16-15(14)7-3-4-13-21(16)2;1-2/h5-6,8H,3-4,7,11-13H2,1-2H3;1-2H3. The molecule has 1 heterocycles. The molecule has 0 unspecified atom stereocenters. The number of alkyl halides is 2. The molecule has 0 saturated heterocycles. The van der Waals surface area contributed by atoms with E-state index in [9.17, 15) is 8.78 Å². The first kappa shape index (κ1) is 17.8. The van der Waals surface area contributed by atoms with Gasteiger partial charge in [0.2, 0.25) is 0 Å². The third-order valence-electron chi connectivity index (χ3n) is 4.76. The fourth-order valence-electron chi connectivity index (χ4n) is 3.07. The van der Waals surface area contributed by atoms with E-state index >= 15 is 0 Å². The number of hydrogen-bond donors (Lipinski definition) is 0. The van der Waals surface area contributed by atoms with Gasteiger partial charge in [0.05, 0.1) is 5.41 Å². The number of rotatable bonds is 1. The monoisotopic (exact) mass is 319 g/mol. The van der Waals surface area contributed by atoms with Gasteiger partial charge in [-0.15, -0.1) is 0 Å². The Morgan fingerprint density at radius 3 is 2.48 bits per heavy atom. The van der Waals surface area contributed by atoms with Crippen molar-refractivity contribution in [3.05, 3.63) is 29.3 Å². The molecule has 0 bridgehead atoms. The normalized spacial score (nSPS) is 18.6. The number of benzene rings is 1. The Morgan fingerprint density at radius 1 is 1.17 bits per heavy atom. The average Bonchev–Trinajstić information content (AvgIpc) is 3.33. The zero-order valence-electron chi connectivity index (χ0n) is 14.7. The number of anilines is 1. The molecule has 23 heavy (non-hydrogen) atoms. The predicted octanol–water partition coefficient (Wildman–Crippen LogP) is 5.27. The van der Waals surface area contributed by atoms with Gasteiger partial charge in [-0.2, -0.15) is 0 Å².